The van der Waals surface area contributed by atoms with E-state index in [9.17, 15) is 9.59 Å². The number of quaternary nitrogens is 1. The Bertz CT molecular complexity index is 430. The van der Waals surface area contributed by atoms with E-state index in [0.717, 1.165) is 5.76 Å². The highest BCUT2D eigenvalue weighted by molar-refractivity contribution is 5.97. The molecule has 18 heavy (non-hydrogen) atoms. The molecule has 6 nitrogen and oxygen atoms in total. The Kier molecular flexibility index (Phi) is 3.66. The molecule has 0 bridgehead atoms. The van der Waals surface area contributed by atoms with E-state index in [4.69, 9.17) is 4.42 Å². The molecular weight excluding hydrogens is 234 g/mol. The fraction of sp³-hybridized carbons (Fsp3) is 0.500. The monoisotopic (exact) mass is 252 g/mol. The van der Waals surface area contributed by atoms with Crippen molar-refractivity contribution in [1.29, 1.82) is 0 Å². The third kappa shape index (κ3) is 2.53. The van der Waals surface area contributed by atoms with Crippen LogP contribution in [0, 0.1) is 0 Å². The summed E-state index contributed by atoms with van der Waals surface area (Å²) in [6.07, 6.45) is 1.61. The fourth-order valence-corrected chi connectivity index (χ4v) is 2.09. The number of amides is 3. The zero-order chi connectivity index (χ0) is 13.1. The predicted octanol–water partition coefficient (Wildman–Crippen LogP) is -0.156. The van der Waals surface area contributed by atoms with Crippen LogP contribution in [-0.4, -0.2) is 36.0 Å². The lowest BCUT2D eigenvalue weighted by Gasteiger charge is -2.18. The molecule has 3 amide bonds. The van der Waals surface area contributed by atoms with Crippen molar-refractivity contribution in [2.24, 2.45) is 0 Å². The number of rotatable bonds is 4. The van der Waals surface area contributed by atoms with E-state index in [-0.39, 0.29) is 24.0 Å². The van der Waals surface area contributed by atoms with Crippen molar-refractivity contribution in [2.75, 3.05) is 13.1 Å². The van der Waals surface area contributed by atoms with Gasteiger partial charge in [0.05, 0.1) is 6.26 Å². The molecular formula is C12H18N3O3+. The number of hydrogen-bond donors (Lipinski definition) is 2. The lowest BCUT2D eigenvalue weighted by Crippen LogP contribution is -2.92. The highest BCUT2D eigenvalue weighted by Crippen LogP contribution is 2.08. The minimum atomic E-state index is -0.311. The zero-order valence-electron chi connectivity index (χ0n) is 10.6. The first-order valence-electron chi connectivity index (χ1n) is 6.07. The van der Waals surface area contributed by atoms with Gasteiger partial charge in [0.1, 0.15) is 6.04 Å². The van der Waals surface area contributed by atoms with Gasteiger partial charge in [-0.25, -0.2) is 4.79 Å². The first-order valence-corrected chi connectivity index (χ1v) is 6.07. The Morgan fingerprint density at radius 3 is 2.89 bits per heavy atom. The molecule has 0 aliphatic carbocycles. The van der Waals surface area contributed by atoms with E-state index in [1.807, 2.05) is 24.4 Å². The van der Waals surface area contributed by atoms with E-state index in [1.165, 1.54) is 4.90 Å². The zero-order valence-corrected chi connectivity index (χ0v) is 10.6. The van der Waals surface area contributed by atoms with Crippen LogP contribution in [0.2, 0.25) is 0 Å². The topological polar surface area (TPSA) is 79.2 Å². The number of carbonyl (C=O) groups is 2. The second-order valence-electron chi connectivity index (χ2n) is 4.51. The van der Waals surface area contributed by atoms with Crippen LogP contribution < -0.4 is 10.6 Å². The largest absolute Gasteiger partial charge is 0.463 e. The van der Waals surface area contributed by atoms with Gasteiger partial charge in [0.25, 0.3) is 5.91 Å². The second kappa shape index (κ2) is 5.22. The average molecular weight is 252 g/mol. The smallest absolute Gasteiger partial charge is 0.324 e. The highest BCUT2D eigenvalue weighted by atomic mass is 16.3. The number of imide groups is 1. The first kappa shape index (κ1) is 12.6. The predicted molar refractivity (Wildman–Crippen MR) is 63.6 cm³/mol. The molecule has 2 heterocycles. The van der Waals surface area contributed by atoms with Crippen molar-refractivity contribution < 1.29 is 19.3 Å². The number of nitrogens with zero attached hydrogens (tertiary/aromatic N) is 1. The minimum Gasteiger partial charge on any atom is -0.463 e. The Morgan fingerprint density at radius 2 is 2.33 bits per heavy atom. The van der Waals surface area contributed by atoms with Crippen LogP contribution in [0.3, 0.4) is 0 Å². The molecule has 1 aromatic rings. The van der Waals surface area contributed by atoms with Crippen molar-refractivity contribution in [3.05, 3.63) is 24.2 Å². The van der Waals surface area contributed by atoms with Crippen LogP contribution in [0.15, 0.2) is 22.8 Å². The van der Waals surface area contributed by atoms with E-state index in [2.05, 4.69) is 5.32 Å². The van der Waals surface area contributed by atoms with E-state index in [0.29, 0.717) is 13.1 Å². The number of hydrogen-bond acceptors (Lipinski definition) is 3. The van der Waals surface area contributed by atoms with Gasteiger partial charge in [-0.1, -0.05) is 0 Å². The molecule has 2 rings (SSSR count). The maximum absolute atomic E-state index is 12.1. The van der Waals surface area contributed by atoms with Crippen LogP contribution >= 0.6 is 0 Å². The number of urea groups is 1. The molecule has 0 aromatic carbocycles. The van der Waals surface area contributed by atoms with Gasteiger partial charge in [0, 0.05) is 13.1 Å². The molecule has 1 aliphatic rings. The van der Waals surface area contributed by atoms with Gasteiger partial charge in [0.2, 0.25) is 0 Å². The molecule has 1 aliphatic heterocycles. The van der Waals surface area contributed by atoms with Crippen LogP contribution in [0.5, 0.6) is 0 Å². The van der Waals surface area contributed by atoms with Gasteiger partial charge >= 0.3 is 6.03 Å². The molecule has 1 fully saturated rings. The Hall–Kier alpha value is -1.82. The second-order valence-corrected chi connectivity index (χ2v) is 4.51. The summed E-state index contributed by atoms with van der Waals surface area (Å²) in [5.74, 6) is 0.656. The molecule has 1 saturated heterocycles. The van der Waals surface area contributed by atoms with Crippen LogP contribution in [-0.2, 0) is 4.79 Å². The number of carbonyl (C=O) groups excluding carboxylic acids is 2. The molecule has 0 radical (unpaired) electrons. The molecule has 0 saturated carbocycles. The first-order chi connectivity index (χ1) is 8.59. The van der Waals surface area contributed by atoms with Crippen LogP contribution in [0.4, 0.5) is 4.79 Å². The molecule has 3 N–H and O–H groups in total. The fourth-order valence-electron chi connectivity index (χ4n) is 2.09. The van der Waals surface area contributed by atoms with Gasteiger partial charge in [-0.05, 0) is 26.0 Å². The van der Waals surface area contributed by atoms with E-state index >= 15 is 0 Å². The maximum atomic E-state index is 12.1. The van der Waals surface area contributed by atoms with E-state index < -0.39 is 0 Å². The summed E-state index contributed by atoms with van der Waals surface area (Å²) in [7, 11) is 0. The lowest BCUT2D eigenvalue weighted by molar-refractivity contribution is -0.712. The van der Waals surface area contributed by atoms with Gasteiger partial charge in [0.15, 0.2) is 11.8 Å². The van der Waals surface area contributed by atoms with Crippen molar-refractivity contribution in [2.45, 2.75) is 25.9 Å². The lowest BCUT2D eigenvalue weighted by atomic mass is 10.2. The highest BCUT2D eigenvalue weighted by Gasteiger charge is 2.32. The van der Waals surface area contributed by atoms with Crippen molar-refractivity contribution in [1.82, 2.24) is 10.2 Å². The molecule has 0 unspecified atom stereocenters. The number of nitrogens with two attached hydrogens (primary N) is 1. The SMILES string of the molecule is C[C@H]([NH2+][C@H](C)C(=O)N1CCNC1=O)c1ccco1. The van der Waals surface area contributed by atoms with E-state index in [1.54, 1.807) is 13.2 Å². The summed E-state index contributed by atoms with van der Waals surface area (Å²) in [5.41, 5.74) is 0. The molecule has 0 spiro atoms. The summed E-state index contributed by atoms with van der Waals surface area (Å²) in [4.78, 5) is 24.7. The Morgan fingerprint density at radius 1 is 1.56 bits per heavy atom. The summed E-state index contributed by atoms with van der Waals surface area (Å²) in [6.45, 7) is 4.75. The van der Waals surface area contributed by atoms with Crippen LogP contribution in [0.25, 0.3) is 0 Å². The van der Waals surface area contributed by atoms with Gasteiger partial charge in [-0.3, -0.25) is 9.69 Å². The summed E-state index contributed by atoms with van der Waals surface area (Å²) < 4.78 is 5.29. The van der Waals surface area contributed by atoms with Gasteiger partial charge < -0.3 is 15.1 Å². The summed E-state index contributed by atoms with van der Waals surface area (Å²) in [6, 6.07) is 3.13. The molecule has 6 heteroatoms. The maximum Gasteiger partial charge on any atom is 0.324 e. The Labute approximate surface area is 105 Å². The molecule has 2 atom stereocenters. The average Bonchev–Trinajstić information content (AvgIpc) is 2.98. The van der Waals surface area contributed by atoms with Crippen LogP contribution in [0.1, 0.15) is 25.6 Å². The standard InChI is InChI=1S/C12H17N3O3/c1-8(10-4-3-7-18-10)14-9(2)11(16)15-6-5-13-12(15)17/h3-4,7-9,14H,5-6H2,1-2H3,(H,13,17)/p+1/t8-,9+/m0/s1. The van der Waals surface area contributed by atoms with Crippen molar-refractivity contribution >= 4 is 11.9 Å². The molecule has 98 valence electrons. The number of nitrogens with one attached hydrogen (secondary N) is 1. The minimum absolute atomic E-state index is 0.0459. The van der Waals surface area contributed by atoms with Crippen molar-refractivity contribution in [3.63, 3.8) is 0 Å². The third-order valence-corrected chi connectivity index (χ3v) is 3.08. The van der Waals surface area contributed by atoms with Gasteiger partial charge in [-0.2, -0.15) is 0 Å². The Balaban J connectivity index is 1.93. The van der Waals surface area contributed by atoms with Gasteiger partial charge in [-0.15, -0.1) is 0 Å². The summed E-state index contributed by atoms with van der Waals surface area (Å²) in [5, 5.41) is 4.52. The number of furan rings is 1. The molecule has 1 aromatic heterocycles. The third-order valence-electron chi connectivity index (χ3n) is 3.08. The normalized spacial score (nSPS) is 18.6. The summed E-state index contributed by atoms with van der Waals surface area (Å²) >= 11 is 0. The van der Waals surface area contributed by atoms with Crippen molar-refractivity contribution in [3.8, 4) is 0 Å². The quantitative estimate of drug-likeness (QED) is 0.781.